The summed E-state index contributed by atoms with van der Waals surface area (Å²) in [4.78, 5) is 50.7. The third-order valence-corrected chi connectivity index (χ3v) is 5.44. The lowest BCUT2D eigenvalue weighted by atomic mass is 9.79. The first-order valence-corrected chi connectivity index (χ1v) is 8.71. The molecule has 0 aliphatic heterocycles. The molecule has 26 heavy (non-hydrogen) atoms. The van der Waals surface area contributed by atoms with Gasteiger partial charge < -0.3 is 5.11 Å². The molecule has 2 aliphatic rings. The van der Waals surface area contributed by atoms with E-state index in [0.29, 0.717) is 0 Å². The SMILES string of the molecule is O=C1C(=O)c2ccccc2C(O)=C1C1=C(I)C(=O)c2ccccc2C1=O. The van der Waals surface area contributed by atoms with Crippen LogP contribution in [0.15, 0.2) is 63.3 Å². The summed E-state index contributed by atoms with van der Waals surface area (Å²) in [6.45, 7) is 0. The van der Waals surface area contributed by atoms with Crippen molar-refractivity contribution in [3.63, 3.8) is 0 Å². The number of fused-ring (bicyclic) bond motifs is 2. The number of aliphatic hydroxyl groups is 1. The highest BCUT2D eigenvalue weighted by Crippen LogP contribution is 2.39. The van der Waals surface area contributed by atoms with Gasteiger partial charge in [-0.25, -0.2) is 0 Å². The minimum absolute atomic E-state index is 0.00776. The Morgan fingerprint density at radius 1 is 0.577 bits per heavy atom. The summed E-state index contributed by atoms with van der Waals surface area (Å²) in [6.07, 6.45) is 0. The first-order valence-electron chi connectivity index (χ1n) is 7.63. The molecular formula is C20H9IO5. The summed E-state index contributed by atoms with van der Waals surface area (Å²) in [7, 11) is 0. The van der Waals surface area contributed by atoms with Crippen molar-refractivity contribution >= 4 is 51.5 Å². The van der Waals surface area contributed by atoms with Crippen LogP contribution in [0.4, 0.5) is 0 Å². The molecule has 0 bridgehead atoms. The lowest BCUT2D eigenvalue weighted by Gasteiger charge is -2.23. The van der Waals surface area contributed by atoms with E-state index < -0.39 is 34.5 Å². The van der Waals surface area contributed by atoms with Crippen LogP contribution in [0, 0.1) is 0 Å². The predicted molar refractivity (Wildman–Crippen MR) is 101 cm³/mol. The molecule has 5 nitrogen and oxygen atoms in total. The van der Waals surface area contributed by atoms with Gasteiger partial charge in [0.2, 0.25) is 17.3 Å². The Labute approximate surface area is 161 Å². The number of hydrogen-bond acceptors (Lipinski definition) is 5. The number of ketones is 4. The molecule has 0 saturated carbocycles. The number of aliphatic hydroxyl groups excluding tert-OH is 1. The highest BCUT2D eigenvalue weighted by Gasteiger charge is 2.41. The minimum Gasteiger partial charge on any atom is -0.506 e. The lowest BCUT2D eigenvalue weighted by molar-refractivity contribution is -0.111. The fraction of sp³-hybridized carbons (Fsp3) is 0. The summed E-state index contributed by atoms with van der Waals surface area (Å²) in [5.74, 6) is -3.26. The molecule has 0 unspecified atom stereocenters. The van der Waals surface area contributed by atoms with Gasteiger partial charge in [0.25, 0.3) is 0 Å². The highest BCUT2D eigenvalue weighted by molar-refractivity contribution is 14.1. The van der Waals surface area contributed by atoms with E-state index in [0.717, 1.165) is 0 Å². The van der Waals surface area contributed by atoms with Crippen LogP contribution < -0.4 is 0 Å². The Hall–Kier alpha value is -2.87. The topological polar surface area (TPSA) is 88.5 Å². The Bertz CT molecular complexity index is 1120. The molecule has 0 saturated heterocycles. The summed E-state index contributed by atoms with van der Waals surface area (Å²) >= 11 is 1.69. The molecular weight excluding hydrogens is 447 g/mol. The fourth-order valence-electron chi connectivity index (χ4n) is 3.17. The summed E-state index contributed by atoms with van der Waals surface area (Å²) in [5, 5.41) is 10.6. The number of benzene rings is 2. The van der Waals surface area contributed by atoms with Crippen LogP contribution in [0.25, 0.3) is 5.76 Å². The van der Waals surface area contributed by atoms with Crippen LogP contribution in [0.2, 0.25) is 0 Å². The average molecular weight is 456 g/mol. The first-order chi connectivity index (χ1) is 12.4. The van der Waals surface area contributed by atoms with Crippen LogP contribution in [0.3, 0.4) is 0 Å². The molecule has 2 aromatic carbocycles. The van der Waals surface area contributed by atoms with E-state index in [4.69, 9.17) is 0 Å². The van der Waals surface area contributed by atoms with Gasteiger partial charge in [0.15, 0.2) is 5.78 Å². The fourth-order valence-corrected chi connectivity index (χ4v) is 3.97. The zero-order chi connectivity index (χ0) is 18.6. The quantitative estimate of drug-likeness (QED) is 0.525. The predicted octanol–water partition coefficient (Wildman–Crippen LogP) is 3.49. The number of halogens is 1. The number of carbonyl (C=O) groups is 4. The minimum atomic E-state index is -0.995. The van der Waals surface area contributed by atoms with Crippen molar-refractivity contribution in [2.75, 3.05) is 0 Å². The lowest BCUT2D eigenvalue weighted by Crippen LogP contribution is -2.30. The molecule has 0 fully saturated rings. The van der Waals surface area contributed by atoms with Gasteiger partial charge in [-0.3, -0.25) is 19.2 Å². The summed E-state index contributed by atoms with van der Waals surface area (Å²) in [5.41, 5.74) is -0.00842. The van der Waals surface area contributed by atoms with E-state index in [1.54, 1.807) is 46.9 Å². The van der Waals surface area contributed by atoms with Gasteiger partial charge in [0, 0.05) is 22.3 Å². The van der Waals surface area contributed by atoms with Crippen LogP contribution in [-0.4, -0.2) is 28.2 Å². The molecule has 0 spiro atoms. The third kappa shape index (κ3) is 2.15. The summed E-state index contributed by atoms with van der Waals surface area (Å²) in [6, 6.07) is 12.4. The molecule has 0 atom stereocenters. The summed E-state index contributed by atoms with van der Waals surface area (Å²) < 4.78 is 0.00776. The van der Waals surface area contributed by atoms with E-state index in [-0.39, 0.29) is 31.4 Å². The Balaban J connectivity index is 2.02. The molecule has 0 amide bonds. The average Bonchev–Trinajstić information content (AvgIpc) is 2.67. The molecule has 126 valence electrons. The monoisotopic (exact) mass is 456 g/mol. The van der Waals surface area contributed by atoms with Gasteiger partial charge in [-0.15, -0.1) is 0 Å². The van der Waals surface area contributed by atoms with E-state index in [1.807, 2.05) is 0 Å². The van der Waals surface area contributed by atoms with Gasteiger partial charge in [0.1, 0.15) is 5.76 Å². The molecule has 1 N–H and O–H groups in total. The number of allylic oxidation sites excluding steroid dienone is 3. The Kier molecular flexibility index (Phi) is 3.73. The van der Waals surface area contributed by atoms with Gasteiger partial charge in [-0.05, 0) is 22.6 Å². The number of Topliss-reactive ketones (excluding diaryl/α,β-unsaturated/α-hetero) is 4. The zero-order valence-corrected chi connectivity index (χ0v) is 15.2. The van der Waals surface area contributed by atoms with Gasteiger partial charge in [-0.2, -0.15) is 0 Å². The second kappa shape index (κ2) is 5.84. The Morgan fingerprint density at radius 3 is 1.62 bits per heavy atom. The molecule has 6 heteroatoms. The standard InChI is InChI=1S/C20H9IO5/c21-15-13(16(22)9-5-1-3-7-11(9)18(15)24)14-17(23)10-6-2-4-8-12(10)19(25)20(14)26/h1-8,23H. The molecule has 0 radical (unpaired) electrons. The molecule has 4 rings (SSSR count). The maximum atomic E-state index is 13.0. The normalized spacial score (nSPS) is 16.8. The van der Waals surface area contributed by atoms with E-state index in [2.05, 4.69) is 0 Å². The molecule has 2 aromatic rings. The molecule has 2 aliphatic carbocycles. The zero-order valence-electron chi connectivity index (χ0n) is 13.1. The molecule has 0 aromatic heterocycles. The number of rotatable bonds is 1. The van der Waals surface area contributed by atoms with Crippen molar-refractivity contribution in [2.45, 2.75) is 0 Å². The van der Waals surface area contributed by atoms with Crippen molar-refractivity contribution in [1.82, 2.24) is 0 Å². The van der Waals surface area contributed by atoms with Crippen LogP contribution in [-0.2, 0) is 4.79 Å². The van der Waals surface area contributed by atoms with Crippen molar-refractivity contribution in [3.05, 3.63) is 85.5 Å². The van der Waals surface area contributed by atoms with Crippen molar-refractivity contribution in [2.24, 2.45) is 0 Å². The highest BCUT2D eigenvalue weighted by atomic mass is 127. The van der Waals surface area contributed by atoms with E-state index in [9.17, 15) is 24.3 Å². The van der Waals surface area contributed by atoms with Crippen molar-refractivity contribution in [3.8, 4) is 0 Å². The Morgan fingerprint density at radius 2 is 1.04 bits per heavy atom. The second-order valence-electron chi connectivity index (χ2n) is 5.82. The second-order valence-corrected chi connectivity index (χ2v) is 6.90. The smallest absolute Gasteiger partial charge is 0.238 e. The van der Waals surface area contributed by atoms with E-state index >= 15 is 0 Å². The van der Waals surface area contributed by atoms with Gasteiger partial charge in [-0.1, -0.05) is 48.5 Å². The van der Waals surface area contributed by atoms with E-state index in [1.165, 1.54) is 24.3 Å². The molecule has 0 heterocycles. The van der Waals surface area contributed by atoms with Crippen LogP contribution >= 0.6 is 22.6 Å². The van der Waals surface area contributed by atoms with Crippen molar-refractivity contribution < 1.29 is 24.3 Å². The van der Waals surface area contributed by atoms with Gasteiger partial charge >= 0.3 is 0 Å². The van der Waals surface area contributed by atoms with Crippen LogP contribution in [0.5, 0.6) is 0 Å². The largest absolute Gasteiger partial charge is 0.506 e. The third-order valence-electron chi connectivity index (χ3n) is 4.41. The van der Waals surface area contributed by atoms with Gasteiger partial charge in [0.05, 0.1) is 14.7 Å². The maximum Gasteiger partial charge on any atom is 0.238 e. The number of carbonyl (C=O) groups excluding carboxylic acids is 4. The maximum absolute atomic E-state index is 13.0. The first kappa shape index (κ1) is 16.6. The number of hydrogen-bond donors (Lipinski definition) is 1. The van der Waals surface area contributed by atoms with Crippen molar-refractivity contribution in [1.29, 1.82) is 0 Å². The van der Waals surface area contributed by atoms with Crippen LogP contribution in [0.1, 0.15) is 36.6 Å².